The predicted octanol–water partition coefficient (Wildman–Crippen LogP) is 3.26. The molecule has 5 nitrogen and oxygen atoms in total. The number of allylic oxidation sites excluding steroid dienone is 2. The van der Waals surface area contributed by atoms with E-state index in [0.29, 0.717) is 18.1 Å². The first-order valence-corrected chi connectivity index (χ1v) is 7.55. The molecule has 0 bridgehead atoms. The van der Waals surface area contributed by atoms with E-state index in [4.69, 9.17) is 4.52 Å². The van der Waals surface area contributed by atoms with E-state index in [0.717, 1.165) is 30.5 Å². The Labute approximate surface area is 129 Å². The summed E-state index contributed by atoms with van der Waals surface area (Å²) < 4.78 is 5.16. The maximum absolute atomic E-state index is 12.4. The number of hydrogen-bond donors (Lipinski definition) is 1. The van der Waals surface area contributed by atoms with Crippen molar-refractivity contribution < 1.29 is 9.32 Å². The van der Waals surface area contributed by atoms with Crippen molar-refractivity contribution in [2.45, 2.75) is 32.6 Å². The highest BCUT2D eigenvalue weighted by Gasteiger charge is 2.19. The Morgan fingerprint density at radius 2 is 2.23 bits per heavy atom. The lowest BCUT2D eigenvalue weighted by atomic mass is 9.93. The van der Waals surface area contributed by atoms with Gasteiger partial charge in [-0.3, -0.25) is 4.79 Å². The third kappa shape index (κ3) is 3.42. The van der Waals surface area contributed by atoms with Gasteiger partial charge in [-0.2, -0.15) is 4.98 Å². The van der Waals surface area contributed by atoms with Gasteiger partial charge in [-0.15, -0.1) is 0 Å². The first-order chi connectivity index (χ1) is 10.7. The Balaban J connectivity index is 1.73. The molecule has 114 valence electrons. The fourth-order valence-electron chi connectivity index (χ4n) is 2.64. The van der Waals surface area contributed by atoms with Crippen LogP contribution in [0.25, 0.3) is 0 Å². The number of carbonyl (C=O) groups excluding carboxylic acids is 1. The Hall–Kier alpha value is -2.43. The zero-order valence-corrected chi connectivity index (χ0v) is 12.6. The van der Waals surface area contributed by atoms with Gasteiger partial charge in [-0.25, -0.2) is 0 Å². The van der Waals surface area contributed by atoms with E-state index >= 15 is 0 Å². The molecule has 1 amide bonds. The molecule has 2 aromatic rings. The molecule has 0 spiro atoms. The fourth-order valence-corrected chi connectivity index (χ4v) is 2.64. The summed E-state index contributed by atoms with van der Waals surface area (Å²) in [5.41, 5.74) is 1.80. The Bertz CT molecular complexity index is 691. The molecule has 1 unspecified atom stereocenters. The van der Waals surface area contributed by atoms with Gasteiger partial charge < -0.3 is 9.84 Å². The lowest BCUT2D eigenvalue weighted by Gasteiger charge is -2.18. The number of aryl methyl sites for hydroxylation is 1. The van der Waals surface area contributed by atoms with Crippen LogP contribution in [0.3, 0.4) is 0 Å². The lowest BCUT2D eigenvalue weighted by molar-refractivity contribution is -0.120. The van der Waals surface area contributed by atoms with Gasteiger partial charge >= 0.3 is 0 Å². The maximum atomic E-state index is 12.4. The quantitative estimate of drug-likeness (QED) is 0.879. The number of amides is 1. The van der Waals surface area contributed by atoms with Crippen molar-refractivity contribution in [2.75, 3.05) is 5.32 Å². The van der Waals surface area contributed by atoms with Crippen molar-refractivity contribution in [1.29, 1.82) is 0 Å². The van der Waals surface area contributed by atoms with E-state index in [1.54, 1.807) is 6.92 Å². The van der Waals surface area contributed by atoms with Crippen LogP contribution in [0.2, 0.25) is 0 Å². The number of hydrogen-bond acceptors (Lipinski definition) is 4. The topological polar surface area (TPSA) is 68.0 Å². The van der Waals surface area contributed by atoms with Gasteiger partial charge in [-0.1, -0.05) is 35.5 Å². The van der Waals surface area contributed by atoms with E-state index in [-0.39, 0.29) is 11.8 Å². The van der Waals surface area contributed by atoms with Crippen LogP contribution in [0.15, 0.2) is 40.9 Å². The number of nitrogens with zero attached hydrogens (tertiary/aromatic N) is 2. The third-order valence-corrected chi connectivity index (χ3v) is 3.83. The van der Waals surface area contributed by atoms with Crippen molar-refractivity contribution >= 4 is 11.6 Å². The smallest absolute Gasteiger partial charge is 0.231 e. The van der Waals surface area contributed by atoms with Gasteiger partial charge in [0.2, 0.25) is 11.8 Å². The highest BCUT2D eigenvalue weighted by Crippen LogP contribution is 2.23. The number of aromatic nitrogens is 2. The van der Waals surface area contributed by atoms with Gasteiger partial charge in [0.15, 0.2) is 5.82 Å². The van der Waals surface area contributed by atoms with Crippen LogP contribution in [0.4, 0.5) is 5.69 Å². The number of anilines is 1. The first kappa shape index (κ1) is 14.5. The molecule has 1 aromatic carbocycles. The summed E-state index contributed by atoms with van der Waals surface area (Å²) >= 11 is 0. The number of para-hydroxylation sites is 1. The molecule has 0 saturated carbocycles. The Morgan fingerprint density at radius 3 is 2.95 bits per heavy atom. The second kappa shape index (κ2) is 6.56. The van der Waals surface area contributed by atoms with Gasteiger partial charge in [-0.05, 0) is 37.8 Å². The number of benzene rings is 1. The average Bonchev–Trinajstić information content (AvgIpc) is 2.95. The highest BCUT2D eigenvalue weighted by atomic mass is 16.5. The third-order valence-electron chi connectivity index (χ3n) is 3.83. The van der Waals surface area contributed by atoms with Crippen molar-refractivity contribution in [2.24, 2.45) is 5.92 Å². The summed E-state index contributed by atoms with van der Waals surface area (Å²) in [5, 5.41) is 6.84. The zero-order chi connectivity index (χ0) is 15.4. The number of carbonyl (C=O) groups is 1. The molecule has 0 radical (unpaired) electrons. The SMILES string of the molecule is Cc1noc(Cc2ccccc2NC(=O)C2CC=CCC2)n1. The molecule has 5 heteroatoms. The van der Waals surface area contributed by atoms with Crippen molar-refractivity contribution in [3.8, 4) is 0 Å². The van der Waals surface area contributed by atoms with Crippen LogP contribution in [0.5, 0.6) is 0 Å². The van der Waals surface area contributed by atoms with Crippen molar-refractivity contribution in [3.05, 3.63) is 53.7 Å². The zero-order valence-electron chi connectivity index (χ0n) is 12.6. The summed E-state index contributed by atoms with van der Waals surface area (Å²) in [5.74, 6) is 1.31. The standard InChI is InChI=1S/C17H19N3O2/c1-12-18-16(22-20-12)11-14-9-5-6-10-15(14)19-17(21)13-7-3-2-4-8-13/h2-3,5-6,9-10,13H,4,7-8,11H2,1H3,(H,19,21). The van der Waals surface area contributed by atoms with Crippen LogP contribution in [0.1, 0.15) is 36.5 Å². The molecular formula is C17H19N3O2. The van der Waals surface area contributed by atoms with E-state index in [1.165, 1.54) is 0 Å². The molecule has 1 N–H and O–H groups in total. The van der Waals surface area contributed by atoms with E-state index in [2.05, 4.69) is 27.6 Å². The summed E-state index contributed by atoms with van der Waals surface area (Å²) in [6.07, 6.45) is 7.43. The van der Waals surface area contributed by atoms with Crippen LogP contribution in [-0.4, -0.2) is 16.0 Å². The molecule has 1 atom stereocenters. The maximum Gasteiger partial charge on any atom is 0.231 e. The highest BCUT2D eigenvalue weighted by molar-refractivity contribution is 5.93. The van der Waals surface area contributed by atoms with E-state index in [9.17, 15) is 4.79 Å². The van der Waals surface area contributed by atoms with Gasteiger partial charge in [0.1, 0.15) is 0 Å². The normalized spacial score (nSPS) is 17.4. The van der Waals surface area contributed by atoms with Gasteiger partial charge in [0.05, 0.1) is 6.42 Å². The monoisotopic (exact) mass is 297 g/mol. The van der Waals surface area contributed by atoms with Gasteiger partial charge in [0.25, 0.3) is 0 Å². The Morgan fingerprint density at radius 1 is 1.36 bits per heavy atom. The number of rotatable bonds is 4. The van der Waals surface area contributed by atoms with Crippen LogP contribution in [-0.2, 0) is 11.2 Å². The predicted molar refractivity (Wildman–Crippen MR) is 83.4 cm³/mol. The average molecular weight is 297 g/mol. The summed E-state index contributed by atoms with van der Waals surface area (Å²) in [6.45, 7) is 1.79. The molecular weight excluding hydrogens is 278 g/mol. The first-order valence-electron chi connectivity index (χ1n) is 7.55. The van der Waals surface area contributed by atoms with Crippen LogP contribution in [0, 0.1) is 12.8 Å². The Kier molecular flexibility index (Phi) is 4.32. The molecule has 3 rings (SSSR count). The lowest BCUT2D eigenvalue weighted by Crippen LogP contribution is -2.24. The van der Waals surface area contributed by atoms with E-state index in [1.807, 2.05) is 24.3 Å². The van der Waals surface area contributed by atoms with E-state index < -0.39 is 0 Å². The molecule has 22 heavy (non-hydrogen) atoms. The summed E-state index contributed by atoms with van der Waals surface area (Å²) in [7, 11) is 0. The summed E-state index contributed by atoms with van der Waals surface area (Å²) in [6, 6.07) is 7.74. The van der Waals surface area contributed by atoms with Crippen LogP contribution < -0.4 is 5.32 Å². The molecule has 1 aliphatic rings. The molecule has 1 aliphatic carbocycles. The number of nitrogens with one attached hydrogen (secondary N) is 1. The minimum Gasteiger partial charge on any atom is -0.339 e. The minimum atomic E-state index is 0.0590. The van der Waals surface area contributed by atoms with Crippen molar-refractivity contribution in [1.82, 2.24) is 10.1 Å². The fraction of sp³-hybridized carbons (Fsp3) is 0.353. The minimum absolute atomic E-state index is 0.0590. The second-order valence-electron chi connectivity index (χ2n) is 5.54. The second-order valence-corrected chi connectivity index (χ2v) is 5.54. The molecule has 1 heterocycles. The van der Waals surface area contributed by atoms with Crippen LogP contribution >= 0.6 is 0 Å². The van der Waals surface area contributed by atoms with Crippen molar-refractivity contribution in [3.63, 3.8) is 0 Å². The molecule has 0 fully saturated rings. The molecule has 0 saturated heterocycles. The summed E-state index contributed by atoms with van der Waals surface area (Å²) in [4.78, 5) is 16.6. The largest absolute Gasteiger partial charge is 0.339 e. The molecule has 1 aromatic heterocycles. The van der Waals surface area contributed by atoms with Gasteiger partial charge in [0, 0.05) is 11.6 Å². The molecule has 0 aliphatic heterocycles.